The first-order valence-corrected chi connectivity index (χ1v) is 11.3. The standard InChI is InChI=1S/C24H26N6O2S/c1-32-21-9-7-20(8-10-21)23-26-27-24(33)30(23)17-22(31)29-12-2-11-28(13-14-29)16-19-5-3-18(15-25)4-6-19/h3-10H,2,11-14,16-17H2,1H3,(H,27,33). The maximum atomic E-state index is 13.1. The van der Waals surface area contributed by atoms with Gasteiger partial charge in [-0.25, -0.2) is 0 Å². The molecule has 0 atom stereocenters. The van der Waals surface area contributed by atoms with Crippen molar-refractivity contribution in [2.24, 2.45) is 0 Å². The van der Waals surface area contributed by atoms with Crippen LogP contribution in [0.4, 0.5) is 0 Å². The fraction of sp³-hybridized carbons (Fsp3) is 0.333. The van der Waals surface area contributed by atoms with Gasteiger partial charge in [0.15, 0.2) is 10.6 Å². The number of aromatic amines is 1. The molecule has 1 aromatic heterocycles. The molecule has 0 aliphatic carbocycles. The average Bonchev–Trinajstić information content (AvgIpc) is 3.05. The molecular weight excluding hydrogens is 436 g/mol. The van der Waals surface area contributed by atoms with Crippen molar-refractivity contribution in [3.63, 3.8) is 0 Å². The summed E-state index contributed by atoms with van der Waals surface area (Å²) >= 11 is 5.40. The maximum Gasteiger partial charge on any atom is 0.242 e. The van der Waals surface area contributed by atoms with Crippen molar-refractivity contribution in [3.05, 3.63) is 64.4 Å². The number of nitrogens with one attached hydrogen (secondary N) is 1. The summed E-state index contributed by atoms with van der Waals surface area (Å²) in [6.07, 6.45) is 0.907. The molecule has 0 bridgehead atoms. The molecule has 0 radical (unpaired) electrons. The predicted molar refractivity (Wildman–Crippen MR) is 127 cm³/mol. The highest BCUT2D eigenvalue weighted by atomic mass is 32.1. The largest absolute Gasteiger partial charge is 0.497 e. The Morgan fingerprint density at radius 1 is 1.12 bits per heavy atom. The third-order valence-corrected chi connectivity index (χ3v) is 6.14. The number of amides is 1. The van der Waals surface area contributed by atoms with Gasteiger partial charge in [-0.05, 0) is 60.6 Å². The molecule has 3 aromatic rings. The quantitative estimate of drug-likeness (QED) is 0.566. The summed E-state index contributed by atoms with van der Waals surface area (Å²) in [6.45, 7) is 4.05. The van der Waals surface area contributed by atoms with Crippen molar-refractivity contribution in [2.75, 3.05) is 33.3 Å². The summed E-state index contributed by atoms with van der Waals surface area (Å²) in [5.41, 5.74) is 2.70. The molecule has 4 rings (SSSR count). The molecule has 2 heterocycles. The Morgan fingerprint density at radius 2 is 1.88 bits per heavy atom. The first-order valence-electron chi connectivity index (χ1n) is 10.9. The second-order valence-corrected chi connectivity index (χ2v) is 8.37. The van der Waals surface area contributed by atoms with Crippen molar-refractivity contribution in [1.82, 2.24) is 24.6 Å². The number of hydrogen-bond donors (Lipinski definition) is 1. The van der Waals surface area contributed by atoms with Gasteiger partial charge in [-0.15, -0.1) is 0 Å². The Bertz CT molecular complexity index is 1190. The van der Waals surface area contributed by atoms with Crippen LogP contribution in [0.2, 0.25) is 0 Å². The third kappa shape index (κ3) is 5.48. The molecule has 9 heteroatoms. The van der Waals surface area contributed by atoms with Crippen LogP contribution >= 0.6 is 12.2 Å². The van der Waals surface area contributed by atoms with E-state index in [1.54, 1.807) is 11.7 Å². The lowest BCUT2D eigenvalue weighted by atomic mass is 10.1. The number of carbonyl (C=O) groups is 1. The molecule has 1 N–H and O–H groups in total. The van der Waals surface area contributed by atoms with Crippen LogP contribution in [0.5, 0.6) is 5.75 Å². The van der Waals surface area contributed by atoms with Crippen LogP contribution in [0, 0.1) is 16.1 Å². The van der Waals surface area contributed by atoms with Crippen LogP contribution in [0.1, 0.15) is 17.5 Å². The number of aromatic nitrogens is 3. The molecule has 33 heavy (non-hydrogen) atoms. The van der Waals surface area contributed by atoms with Gasteiger partial charge in [-0.3, -0.25) is 19.4 Å². The van der Waals surface area contributed by atoms with E-state index in [-0.39, 0.29) is 12.5 Å². The Hall–Kier alpha value is -3.48. The predicted octanol–water partition coefficient (Wildman–Crippen LogP) is 3.22. The lowest BCUT2D eigenvalue weighted by Crippen LogP contribution is -2.37. The van der Waals surface area contributed by atoms with Crippen LogP contribution in [0.3, 0.4) is 0 Å². The summed E-state index contributed by atoms with van der Waals surface area (Å²) < 4.78 is 7.39. The molecular formula is C24H26N6O2S. The molecule has 1 aliphatic rings. The van der Waals surface area contributed by atoms with Crippen LogP contribution in [0.15, 0.2) is 48.5 Å². The minimum Gasteiger partial charge on any atom is -0.497 e. The van der Waals surface area contributed by atoms with Gasteiger partial charge >= 0.3 is 0 Å². The zero-order chi connectivity index (χ0) is 23.2. The number of nitrogens with zero attached hydrogens (tertiary/aromatic N) is 5. The highest BCUT2D eigenvalue weighted by Gasteiger charge is 2.21. The fourth-order valence-electron chi connectivity index (χ4n) is 3.98. The van der Waals surface area contributed by atoms with Gasteiger partial charge in [0.2, 0.25) is 5.91 Å². The van der Waals surface area contributed by atoms with E-state index in [1.165, 1.54) is 5.56 Å². The average molecular weight is 463 g/mol. The number of nitriles is 1. The normalized spacial score (nSPS) is 14.5. The second-order valence-electron chi connectivity index (χ2n) is 7.99. The molecule has 1 aliphatic heterocycles. The van der Waals surface area contributed by atoms with Crippen LogP contribution < -0.4 is 4.74 Å². The Kier molecular flexibility index (Phi) is 7.17. The number of rotatable bonds is 6. The van der Waals surface area contributed by atoms with Crippen molar-refractivity contribution < 1.29 is 9.53 Å². The number of H-pyrrole nitrogens is 1. The number of methoxy groups -OCH3 is 1. The molecule has 0 spiro atoms. The van der Waals surface area contributed by atoms with Crippen LogP contribution in [-0.4, -0.2) is 63.8 Å². The zero-order valence-corrected chi connectivity index (χ0v) is 19.3. The molecule has 1 saturated heterocycles. The fourth-order valence-corrected chi connectivity index (χ4v) is 4.18. The minimum atomic E-state index is 0.0301. The SMILES string of the molecule is COc1ccc(-c2n[nH]c(=S)n2CC(=O)N2CCCN(Cc3ccc(C#N)cc3)CC2)cc1. The molecule has 1 amide bonds. The Morgan fingerprint density at radius 3 is 2.58 bits per heavy atom. The van der Waals surface area contributed by atoms with Crippen molar-refractivity contribution in [2.45, 2.75) is 19.5 Å². The first-order chi connectivity index (χ1) is 16.1. The summed E-state index contributed by atoms with van der Waals surface area (Å²) in [6, 6.07) is 17.3. The summed E-state index contributed by atoms with van der Waals surface area (Å²) in [7, 11) is 1.62. The van der Waals surface area contributed by atoms with E-state index >= 15 is 0 Å². The van der Waals surface area contributed by atoms with Gasteiger partial charge in [0.25, 0.3) is 0 Å². The van der Waals surface area contributed by atoms with E-state index in [2.05, 4.69) is 21.2 Å². The van der Waals surface area contributed by atoms with Gasteiger partial charge in [-0.2, -0.15) is 10.4 Å². The zero-order valence-electron chi connectivity index (χ0n) is 18.5. The van der Waals surface area contributed by atoms with Crippen molar-refractivity contribution in [3.8, 4) is 23.2 Å². The van der Waals surface area contributed by atoms with Gasteiger partial charge in [-0.1, -0.05) is 12.1 Å². The van der Waals surface area contributed by atoms with Gasteiger partial charge < -0.3 is 9.64 Å². The number of hydrogen-bond acceptors (Lipinski definition) is 6. The minimum absolute atomic E-state index is 0.0301. The Balaban J connectivity index is 1.39. The highest BCUT2D eigenvalue weighted by molar-refractivity contribution is 7.71. The van der Waals surface area contributed by atoms with E-state index in [0.717, 1.165) is 37.4 Å². The van der Waals surface area contributed by atoms with Crippen molar-refractivity contribution in [1.29, 1.82) is 5.26 Å². The highest BCUT2D eigenvalue weighted by Crippen LogP contribution is 2.21. The summed E-state index contributed by atoms with van der Waals surface area (Å²) in [5, 5.41) is 16.1. The van der Waals surface area contributed by atoms with Crippen molar-refractivity contribution >= 4 is 18.1 Å². The number of benzene rings is 2. The first kappa shape index (κ1) is 22.7. The van der Waals surface area contributed by atoms with Gasteiger partial charge in [0.05, 0.1) is 18.7 Å². The summed E-state index contributed by atoms with van der Waals surface area (Å²) in [5.74, 6) is 1.42. The number of carbonyl (C=O) groups excluding carboxylic acids is 1. The van der Waals surface area contributed by atoms with Crippen LogP contribution in [0.25, 0.3) is 11.4 Å². The second kappa shape index (κ2) is 10.4. The molecule has 0 saturated carbocycles. The van der Waals surface area contributed by atoms with E-state index < -0.39 is 0 Å². The monoisotopic (exact) mass is 462 g/mol. The molecule has 8 nitrogen and oxygen atoms in total. The third-order valence-electron chi connectivity index (χ3n) is 5.83. The van der Waals surface area contributed by atoms with E-state index in [0.29, 0.717) is 29.2 Å². The van der Waals surface area contributed by atoms with Gasteiger partial charge in [0.1, 0.15) is 12.3 Å². The van der Waals surface area contributed by atoms with E-state index in [9.17, 15) is 4.79 Å². The van der Waals surface area contributed by atoms with E-state index in [4.69, 9.17) is 22.2 Å². The lowest BCUT2D eigenvalue weighted by Gasteiger charge is -2.22. The smallest absolute Gasteiger partial charge is 0.242 e. The molecule has 2 aromatic carbocycles. The Labute approximate surface area is 198 Å². The molecule has 0 unspecified atom stereocenters. The van der Waals surface area contributed by atoms with E-state index in [1.807, 2.05) is 53.4 Å². The topological polar surface area (TPSA) is 90.2 Å². The number of ether oxygens (including phenoxy) is 1. The van der Waals surface area contributed by atoms with Gasteiger partial charge in [0, 0.05) is 38.3 Å². The lowest BCUT2D eigenvalue weighted by molar-refractivity contribution is -0.131. The molecule has 170 valence electrons. The molecule has 1 fully saturated rings. The van der Waals surface area contributed by atoms with Crippen LogP contribution in [-0.2, 0) is 17.9 Å². The maximum absolute atomic E-state index is 13.1. The summed E-state index contributed by atoms with van der Waals surface area (Å²) in [4.78, 5) is 17.4.